The third-order valence-electron chi connectivity index (χ3n) is 2.90. The van der Waals surface area contributed by atoms with Crippen LogP contribution in [-0.4, -0.2) is 33.1 Å². The third-order valence-corrected chi connectivity index (χ3v) is 2.90. The van der Waals surface area contributed by atoms with E-state index in [-0.39, 0.29) is 5.91 Å². The van der Waals surface area contributed by atoms with E-state index < -0.39 is 0 Å². The van der Waals surface area contributed by atoms with E-state index in [1.807, 2.05) is 26.8 Å². The van der Waals surface area contributed by atoms with Crippen molar-refractivity contribution in [3.63, 3.8) is 0 Å². The maximum absolute atomic E-state index is 11.6. The lowest BCUT2D eigenvalue weighted by molar-refractivity contribution is 0.0956. The Labute approximate surface area is 123 Å². The van der Waals surface area contributed by atoms with Crippen LogP contribution in [0.25, 0.3) is 0 Å². The molecule has 0 unspecified atom stereocenters. The van der Waals surface area contributed by atoms with Crippen LogP contribution in [0.5, 0.6) is 0 Å². The second-order valence-electron chi connectivity index (χ2n) is 4.63. The van der Waals surface area contributed by atoms with Crippen molar-refractivity contribution >= 4 is 17.5 Å². The molecule has 0 saturated heterocycles. The van der Waals surface area contributed by atoms with Gasteiger partial charge in [-0.1, -0.05) is 6.92 Å². The van der Waals surface area contributed by atoms with Crippen LogP contribution in [0.3, 0.4) is 0 Å². The van der Waals surface area contributed by atoms with E-state index in [9.17, 15) is 4.79 Å². The van der Waals surface area contributed by atoms with Gasteiger partial charge in [0.25, 0.3) is 5.91 Å². The topological polar surface area (TPSA) is 92.7 Å². The summed E-state index contributed by atoms with van der Waals surface area (Å²) in [5.41, 5.74) is 1.94. The van der Waals surface area contributed by atoms with Crippen LogP contribution in [0.4, 0.5) is 11.6 Å². The molecule has 2 heterocycles. The van der Waals surface area contributed by atoms with Crippen molar-refractivity contribution in [3.8, 4) is 0 Å². The maximum atomic E-state index is 11.6. The van der Waals surface area contributed by atoms with Gasteiger partial charge >= 0.3 is 0 Å². The normalized spacial score (nSPS) is 10.3. The first-order valence-corrected chi connectivity index (χ1v) is 6.71. The van der Waals surface area contributed by atoms with Crippen molar-refractivity contribution in [2.24, 2.45) is 0 Å². The standard InChI is InChI=1S/C14H18N6O/c1-5-10-16-9(3)7-11(17-10)18-12-6-8(2)13(20-19-12)14(21)15-4/h6-7H,5H2,1-4H3,(H,15,21)(H,16,17,18,19). The van der Waals surface area contributed by atoms with Gasteiger partial charge in [-0.05, 0) is 25.5 Å². The first kappa shape index (κ1) is 14.8. The van der Waals surface area contributed by atoms with E-state index >= 15 is 0 Å². The average molecular weight is 286 g/mol. The molecule has 0 aliphatic rings. The highest BCUT2D eigenvalue weighted by molar-refractivity contribution is 5.93. The van der Waals surface area contributed by atoms with E-state index in [1.54, 1.807) is 13.1 Å². The predicted molar refractivity (Wildman–Crippen MR) is 79.6 cm³/mol. The van der Waals surface area contributed by atoms with Gasteiger partial charge in [-0.3, -0.25) is 4.79 Å². The second-order valence-corrected chi connectivity index (χ2v) is 4.63. The number of aryl methyl sites for hydroxylation is 3. The fraction of sp³-hybridized carbons (Fsp3) is 0.357. The number of anilines is 2. The zero-order valence-electron chi connectivity index (χ0n) is 12.6. The molecule has 7 nitrogen and oxygen atoms in total. The van der Waals surface area contributed by atoms with Gasteiger partial charge in [0.1, 0.15) is 11.6 Å². The average Bonchev–Trinajstić information content (AvgIpc) is 2.46. The molecular formula is C14H18N6O. The molecular weight excluding hydrogens is 268 g/mol. The van der Waals surface area contributed by atoms with Gasteiger partial charge in [0.2, 0.25) is 0 Å². The molecule has 0 aromatic carbocycles. The summed E-state index contributed by atoms with van der Waals surface area (Å²) in [7, 11) is 1.56. The molecule has 21 heavy (non-hydrogen) atoms. The lowest BCUT2D eigenvalue weighted by Gasteiger charge is -2.08. The number of rotatable bonds is 4. The molecule has 0 spiro atoms. The smallest absolute Gasteiger partial charge is 0.271 e. The fourth-order valence-corrected chi connectivity index (χ4v) is 1.87. The number of carbonyl (C=O) groups excluding carboxylic acids is 1. The Morgan fingerprint density at radius 3 is 2.52 bits per heavy atom. The van der Waals surface area contributed by atoms with Crippen molar-refractivity contribution in [2.45, 2.75) is 27.2 Å². The van der Waals surface area contributed by atoms with Crippen LogP contribution in [0.15, 0.2) is 12.1 Å². The highest BCUT2D eigenvalue weighted by Crippen LogP contribution is 2.15. The molecule has 0 saturated carbocycles. The van der Waals surface area contributed by atoms with Crippen molar-refractivity contribution < 1.29 is 4.79 Å². The Hall–Kier alpha value is -2.57. The SMILES string of the molecule is CCc1nc(C)cc(Nc2cc(C)c(C(=O)NC)nn2)n1. The fourth-order valence-electron chi connectivity index (χ4n) is 1.87. The molecule has 2 N–H and O–H groups in total. The lowest BCUT2D eigenvalue weighted by atomic mass is 10.2. The van der Waals surface area contributed by atoms with Gasteiger partial charge in [-0.25, -0.2) is 9.97 Å². The van der Waals surface area contributed by atoms with Crippen LogP contribution in [0.2, 0.25) is 0 Å². The number of hydrogen-bond donors (Lipinski definition) is 2. The third kappa shape index (κ3) is 3.50. The first-order chi connectivity index (χ1) is 10.0. The van der Waals surface area contributed by atoms with Gasteiger partial charge in [0.05, 0.1) is 0 Å². The minimum Gasteiger partial charge on any atom is -0.354 e. The zero-order chi connectivity index (χ0) is 15.4. The summed E-state index contributed by atoms with van der Waals surface area (Å²) in [5.74, 6) is 1.72. The summed E-state index contributed by atoms with van der Waals surface area (Å²) >= 11 is 0. The van der Waals surface area contributed by atoms with Gasteiger partial charge in [0.15, 0.2) is 11.5 Å². The first-order valence-electron chi connectivity index (χ1n) is 6.71. The summed E-state index contributed by atoms with van der Waals surface area (Å²) in [5, 5.41) is 13.6. The molecule has 0 atom stereocenters. The number of amides is 1. The van der Waals surface area contributed by atoms with E-state index in [4.69, 9.17) is 0 Å². The monoisotopic (exact) mass is 286 g/mol. The van der Waals surface area contributed by atoms with Crippen LogP contribution < -0.4 is 10.6 Å². The molecule has 2 rings (SSSR count). The summed E-state index contributed by atoms with van der Waals surface area (Å²) < 4.78 is 0. The Morgan fingerprint density at radius 1 is 1.14 bits per heavy atom. The van der Waals surface area contributed by atoms with Gasteiger partial charge < -0.3 is 10.6 Å². The number of hydrogen-bond acceptors (Lipinski definition) is 6. The van der Waals surface area contributed by atoms with Crippen molar-refractivity contribution in [3.05, 3.63) is 34.9 Å². The van der Waals surface area contributed by atoms with E-state index in [1.165, 1.54) is 0 Å². The maximum Gasteiger partial charge on any atom is 0.271 e. The molecule has 0 aliphatic heterocycles. The second kappa shape index (κ2) is 6.25. The Bertz CT molecular complexity index is 671. The number of aromatic nitrogens is 4. The quantitative estimate of drug-likeness (QED) is 0.885. The van der Waals surface area contributed by atoms with Gasteiger partial charge in [0, 0.05) is 25.2 Å². The van der Waals surface area contributed by atoms with Gasteiger partial charge in [-0.2, -0.15) is 0 Å². The van der Waals surface area contributed by atoms with Crippen LogP contribution in [-0.2, 0) is 6.42 Å². The Morgan fingerprint density at radius 2 is 1.90 bits per heavy atom. The highest BCUT2D eigenvalue weighted by Gasteiger charge is 2.11. The molecule has 0 aliphatic carbocycles. The molecule has 2 aromatic rings. The van der Waals surface area contributed by atoms with E-state index in [0.29, 0.717) is 17.3 Å². The zero-order valence-corrected chi connectivity index (χ0v) is 12.6. The van der Waals surface area contributed by atoms with E-state index in [0.717, 1.165) is 23.5 Å². The summed E-state index contributed by atoms with van der Waals surface area (Å²) in [4.78, 5) is 20.3. The Balaban J connectivity index is 2.26. The highest BCUT2D eigenvalue weighted by atomic mass is 16.1. The largest absolute Gasteiger partial charge is 0.354 e. The number of nitrogens with one attached hydrogen (secondary N) is 2. The molecule has 2 aromatic heterocycles. The summed E-state index contributed by atoms with van der Waals surface area (Å²) in [6.45, 7) is 5.73. The Kier molecular flexibility index (Phi) is 4.42. The van der Waals surface area contributed by atoms with Crippen LogP contribution in [0.1, 0.15) is 34.5 Å². The summed E-state index contributed by atoms with van der Waals surface area (Å²) in [6, 6.07) is 3.60. The van der Waals surface area contributed by atoms with Crippen LogP contribution >= 0.6 is 0 Å². The molecule has 0 radical (unpaired) electrons. The number of carbonyl (C=O) groups is 1. The predicted octanol–water partition coefficient (Wildman–Crippen LogP) is 1.55. The van der Waals surface area contributed by atoms with Crippen LogP contribution in [0, 0.1) is 13.8 Å². The molecule has 110 valence electrons. The molecule has 1 amide bonds. The number of nitrogens with zero attached hydrogens (tertiary/aromatic N) is 4. The molecule has 0 fully saturated rings. The minimum atomic E-state index is -0.252. The summed E-state index contributed by atoms with van der Waals surface area (Å²) in [6.07, 6.45) is 0.761. The van der Waals surface area contributed by atoms with Gasteiger partial charge in [-0.15, -0.1) is 10.2 Å². The van der Waals surface area contributed by atoms with Crippen molar-refractivity contribution in [1.29, 1.82) is 0 Å². The van der Waals surface area contributed by atoms with Crippen molar-refractivity contribution in [1.82, 2.24) is 25.5 Å². The van der Waals surface area contributed by atoms with E-state index in [2.05, 4.69) is 30.8 Å². The minimum absolute atomic E-state index is 0.252. The lowest BCUT2D eigenvalue weighted by Crippen LogP contribution is -2.21. The molecule has 0 bridgehead atoms. The molecule has 7 heteroatoms. The van der Waals surface area contributed by atoms with Crippen molar-refractivity contribution in [2.75, 3.05) is 12.4 Å².